The van der Waals surface area contributed by atoms with Crippen LogP contribution >= 0.6 is 0 Å². The van der Waals surface area contributed by atoms with Crippen molar-refractivity contribution in [2.24, 2.45) is 0 Å². The number of hydrogen-bond donors (Lipinski definition) is 2. The Labute approximate surface area is 163 Å². The van der Waals surface area contributed by atoms with Crippen molar-refractivity contribution in [1.82, 2.24) is 15.1 Å². The summed E-state index contributed by atoms with van der Waals surface area (Å²) in [5.41, 5.74) is 10.0. The lowest BCUT2D eigenvalue weighted by Gasteiger charge is -2.04. The van der Waals surface area contributed by atoms with Gasteiger partial charge >= 0.3 is 0 Å². The van der Waals surface area contributed by atoms with Gasteiger partial charge in [0.2, 0.25) is 0 Å². The first kappa shape index (κ1) is 19.2. The zero-order valence-corrected chi connectivity index (χ0v) is 16.2. The second-order valence-electron chi connectivity index (χ2n) is 6.78. The van der Waals surface area contributed by atoms with Crippen molar-refractivity contribution in [1.29, 1.82) is 5.26 Å². The number of nitrogen functional groups attached to an aromatic ring is 1. The molecule has 3 rings (SSSR count). The molecule has 0 spiro atoms. The van der Waals surface area contributed by atoms with Crippen molar-refractivity contribution in [2.45, 2.75) is 33.6 Å². The number of rotatable bonds is 6. The van der Waals surface area contributed by atoms with Crippen molar-refractivity contribution >= 4 is 11.7 Å². The number of furan rings is 1. The van der Waals surface area contributed by atoms with E-state index in [1.165, 1.54) is 0 Å². The summed E-state index contributed by atoms with van der Waals surface area (Å²) in [6.45, 7) is 6.17. The normalized spacial score (nSPS) is 10.6. The number of benzene rings is 1. The molecule has 0 unspecified atom stereocenters. The van der Waals surface area contributed by atoms with Gasteiger partial charge in [0.25, 0.3) is 5.91 Å². The molecule has 0 aliphatic rings. The summed E-state index contributed by atoms with van der Waals surface area (Å²) in [6.07, 6.45) is 1.16. The van der Waals surface area contributed by atoms with E-state index in [0.717, 1.165) is 22.6 Å². The molecule has 144 valence electrons. The number of aryl methyl sites for hydroxylation is 4. The van der Waals surface area contributed by atoms with E-state index >= 15 is 0 Å². The van der Waals surface area contributed by atoms with Crippen LogP contribution in [0.25, 0.3) is 5.69 Å². The molecule has 0 fully saturated rings. The molecule has 2 heterocycles. The maximum Gasteiger partial charge on any atom is 0.287 e. The topological polar surface area (TPSA) is 110 Å². The fourth-order valence-electron chi connectivity index (χ4n) is 2.89. The monoisotopic (exact) mass is 377 g/mol. The summed E-state index contributed by atoms with van der Waals surface area (Å²) < 4.78 is 7.00. The molecule has 1 amide bonds. The first-order valence-corrected chi connectivity index (χ1v) is 9.10. The molecule has 3 N–H and O–H groups in total. The maximum absolute atomic E-state index is 12.1. The van der Waals surface area contributed by atoms with Crippen LogP contribution in [0.3, 0.4) is 0 Å². The minimum atomic E-state index is -0.249. The largest absolute Gasteiger partial charge is 0.456 e. The van der Waals surface area contributed by atoms with Gasteiger partial charge in [-0.2, -0.15) is 10.4 Å². The van der Waals surface area contributed by atoms with Gasteiger partial charge in [-0.25, -0.2) is 4.68 Å². The second-order valence-corrected chi connectivity index (χ2v) is 6.78. The minimum absolute atomic E-state index is 0.249. The lowest BCUT2D eigenvalue weighted by molar-refractivity contribution is 0.0924. The van der Waals surface area contributed by atoms with Gasteiger partial charge in [0, 0.05) is 6.54 Å². The number of nitrogens with zero attached hydrogens (tertiary/aromatic N) is 3. The SMILES string of the molecule is Cc1ccc(-n2nc(CCCNC(=O)c3cc(C)c(C)o3)c(C#N)c2N)cc1. The predicted molar refractivity (Wildman–Crippen MR) is 106 cm³/mol. The van der Waals surface area contributed by atoms with E-state index in [4.69, 9.17) is 10.2 Å². The molecule has 1 aromatic carbocycles. The van der Waals surface area contributed by atoms with Crippen LogP contribution in [0.2, 0.25) is 0 Å². The molecule has 0 aliphatic heterocycles. The van der Waals surface area contributed by atoms with E-state index in [1.54, 1.807) is 10.7 Å². The Hall–Kier alpha value is -3.53. The van der Waals surface area contributed by atoms with Gasteiger partial charge in [-0.05, 0) is 57.4 Å². The molecule has 0 atom stereocenters. The van der Waals surface area contributed by atoms with E-state index in [-0.39, 0.29) is 5.91 Å². The highest BCUT2D eigenvalue weighted by atomic mass is 16.3. The minimum Gasteiger partial charge on any atom is -0.456 e. The van der Waals surface area contributed by atoms with E-state index in [2.05, 4.69) is 16.5 Å². The Kier molecular flexibility index (Phi) is 5.50. The van der Waals surface area contributed by atoms with E-state index in [9.17, 15) is 10.1 Å². The van der Waals surface area contributed by atoms with Crippen molar-refractivity contribution in [3.05, 3.63) is 64.2 Å². The fourth-order valence-corrected chi connectivity index (χ4v) is 2.89. The third kappa shape index (κ3) is 3.91. The van der Waals surface area contributed by atoms with Gasteiger partial charge in [0.05, 0.1) is 11.4 Å². The number of carbonyl (C=O) groups is 1. The van der Waals surface area contributed by atoms with Gasteiger partial charge in [0.1, 0.15) is 23.2 Å². The Balaban J connectivity index is 1.64. The van der Waals surface area contributed by atoms with Crippen LogP contribution in [0.1, 0.15) is 45.1 Å². The molecule has 2 aromatic heterocycles. The summed E-state index contributed by atoms with van der Waals surface area (Å²) in [5.74, 6) is 1.12. The van der Waals surface area contributed by atoms with Crippen molar-refractivity contribution < 1.29 is 9.21 Å². The third-order valence-electron chi connectivity index (χ3n) is 4.65. The lowest BCUT2D eigenvalue weighted by Crippen LogP contribution is -2.24. The summed E-state index contributed by atoms with van der Waals surface area (Å²) in [5, 5.41) is 16.8. The first-order chi connectivity index (χ1) is 13.4. The van der Waals surface area contributed by atoms with Crippen LogP contribution < -0.4 is 11.1 Å². The number of hydrogen-bond acceptors (Lipinski definition) is 5. The summed E-state index contributed by atoms with van der Waals surface area (Å²) in [6, 6.07) is 11.6. The molecule has 0 aliphatic carbocycles. The molecule has 7 nitrogen and oxygen atoms in total. The van der Waals surface area contributed by atoms with Crippen molar-refractivity contribution in [3.8, 4) is 11.8 Å². The highest BCUT2D eigenvalue weighted by Crippen LogP contribution is 2.22. The number of carbonyl (C=O) groups excluding carboxylic acids is 1. The Bertz CT molecular complexity index is 1020. The van der Waals surface area contributed by atoms with Crippen LogP contribution in [0.5, 0.6) is 0 Å². The standard InChI is InChI=1S/C21H23N5O2/c1-13-6-8-16(9-7-13)26-20(23)17(12-22)18(25-26)5-4-10-24-21(27)19-11-14(2)15(3)28-19/h6-9,11H,4-5,10,23H2,1-3H3,(H,24,27). The van der Waals surface area contributed by atoms with Gasteiger partial charge in [-0.3, -0.25) is 4.79 Å². The smallest absolute Gasteiger partial charge is 0.287 e. The van der Waals surface area contributed by atoms with Gasteiger partial charge in [-0.1, -0.05) is 17.7 Å². The first-order valence-electron chi connectivity index (χ1n) is 9.10. The van der Waals surface area contributed by atoms with Crippen LogP contribution in [0, 0.1) is 32.1 Å². The molecule has 0 bridgehead atoms. The Morgan fingerprint density at radius 2 is 2.00 bits per heavy atom. The molecular weight excluding hydrogens is 354 g/mol. The highest BCUT2D eigenvalue weighted by molar-refractivity contribution is 5.91. The van der Waals surface area contributed by atoms with Crippen LogP contribution in [0.15, 0.2) is 34.7 Å². The quantitative estimate of drug-likeness (QED) is 0.641. The zero-order valence-electron chi connectivity index (χ0n) is 16.2. The summed E-state index contributed by atoms with van der Waals surface area (Å²) >= 11 is 0. The molecular formula is C21H23N5O2. The highest BCUT2D eigenvalue weighted by Gasteiger charge is 2.17. The number of nitrogens with one attached hydrogen (secondary N) is 1. The van der Waals surface area contributed by atoms with Crippen LogP contribution in [-0.2, 0) is 6.42 Å². The molecule has 0 radical (unpaired) electrons. The van der Waals surface area contributed by atoms with Crippen LogP contribution in [0.4, 0.5) is 5.82 Å². The van der Waals surface area contributed by atoms with E-state index in [0.29, 0.717) is 42.2 Å². The molecule has 28 heavy (non-hydrogen) atoms. The zero-order chi connectivity index (χ0) is 20.3. The molecule has 7 heteroatoms. The van der Waals surface area contributed by atoms with Gasteiger partial charge in [0.15, 0.2) is 5.76 Å². The van der Waals surface area contributed by atoms with Crippen LogP contribution in [-0.4, -0.2) is 22.2 Å². The van der Waals surface area contributed by atoms with Gasteiger partial charge < -0.3 is 15.5 Å². The molecule has 0 saturated carbocycles. The number of nitrogens with two attached hydrogens (primary N) is 1. The third-order valence-corrected chi connectivity index (χ3v) is 4.65. The summed E-state index contributed by atoms with van der Waals surface area (Å²) in [4.78, 5) is 12.1. The molecule has 0 saturated heterocycles. The maximum atomic E-state index is 12.1. The number of amides is 1. The predicted octanol–water partition coefficient (Wildman–Crippen LogP) is 3.21. The Morgan fingerprint density at radius 3 is 2.61 bits per heavy atom. The second kappa shape index (κ2) is 8.01. The van der Waals surface area contributed by atoms with Crippen molar-refractivity contribution in [3.63, 3.8) is 0 Å². The van der Waals surface area contributed by atoms with E-state index < -0.39 is 0 Å². The number of nitriles is 1. The number of anilines is 1. The fraction of sp³-hybridized carbons (Fsp3) is 0.286. The van der Waals surface area contributed by atoms with E-state index in [1.807, 2.05) is 45.0 Å². The average molecular weight is 377 g/mol. The van der Waals surface area contributed by atoms with Crippen molar-refractivity contribution in [2.75, 3.05) is 12.3 Å². The number of aromatic nitrogens is 2. The summed E-state index contributed by atoms with van der Waals surface area (Å²) in [7, 11) is 0. The lowest BCUT2D eigenvalue weighted by atomic mass is 10.1. The van der Waals surface area contributed by atoms with Gasteiger partial charge in [-0.15, -0.1) is 0 Å². The molecule has 3 aromatic rings. The Morgan fingerprint density at radius 1 is 1.29 bits per heavy atom. The average Bonchev–Trinajstić information content (AvgIpc) is 3.18.